The molecule has 0 aromatic carbocycles. The fraction of sp³-hybridized carbons (Fsp3) is 1.00. The smallest absolute Gasteiger partial charge is 0.0309 e. The van der Waals surface area contributed by atoms with Crippen LogP contribution in [0.3, 0.4) is 0 Å². The number of nitrogens with one attached hydrogen (secondary N) is 2. The van der Waals surface area contributed by atoms with Gasteiger partial charge in [-0.15, -0.1) is 0 Å². The molecule has 3 heteroatoms. The van der Waals surface area contributed by atoms with Crippen LogP contribution in [-0.4, -0.2) is 35.7 Å². The van der Waals surface area contributed by atoms with Crippen LogP contribution in [0.25, 0.3) is 0 Å². The minimum atomic E-state index is 0.194. The molecule has 0 bridgehead atoms. The Kier molecular flexibility index (Phi) is 4.77. The Morgan fingerprint density at radius 2 is 1.62 bits per heavy atom. The Labute approximate surface area is 101 Å². The predicted octanol–water partition coefficient (Wildman–Crippen LogP) is 2.14. The summed E-state index contributed by atoms with van der Waals surface area (Å²) in [6.07, 6.45) is 3.90. The lowest BCUT2D eigenvalue weighted by Crippen LogP contribution is -2.69. The topological polar surface area (TPSA) is 27.3 Å². The molecule has 1 heterocycles. The van der Waals surface area contributed by atoms with Gasteiger partial charge in [0.15, 0.2) is 0 Å². The number of piperazine rings is 1. The van der Waals surface area contributed by atoms with Crippen LogP contribution >= 0.6 is 0 Å². The molecule has 0 radical (unpaired) electrons. The first-order valence-corrected chi connectivity index (χ1v) is 6.62. The first-order chi connectivity index (χ1) is 7.35. The van der Waals surface area contributed by atoms with E-state index in [2.05, 4.69) is 50.4 Å². The molecule has 0 saturated carbocycles. The van der Waals surface area contributed by atoms with Gasteiger partial charge in [0.1, 0.15) is 0 Å². The number of unbranched alkanes of at least 4 members (excludes halogenated alkanes) is 2. The van der Waals surface area contributed by atoms with E-state index < -0.39 is 0 Å². The second-order valence-corrected chi connectivity index (χ2v) is 6.36. The average Bonchev–Trinajstić information content (AvgIpc) is 2.07. The zero-order valence-electron chi connectivity index (χ0n) is 11.7. The minimum absolute atomic E-state index is 0.194. The van der Waals surface area contributed by atoms with E-state index in [1.165, 1.54) is 19.3 Å². The van der Waals surface area contributed by atoms with Crippen LogP contribution in [0.2, 0.25) is 0 Å². The summed E-state index contributed by atoms with van der Waals surface area (Å²) < 4.78 is 0. The van der Waals surface area contributed by atoms with Crippen LogP contribution < -0.4 is 10.7 Å². The highest BCUT2D eigenvalue weighted by Gasteiger charge is 2.36. The third kappa shape index (κ3) is 4.81. The van der Waals surface area contributed by atoms with Crippen LogP contribution in [-0.2, 0) is 0 Å². The maximum absolute atomic E-state index is 3.68. The lowest BCUT2D eigenvalue weighted by molar-refractivity contribution is 0.0393. The second kappa shape index (κ2) is 5.48. The van der Waals surface area contributed by atoms with E-state index in [4.69, 9.17) is 0 Å². The van der Waals surface area contributed by atoms with E-state index in [9.17, 15) is 0 Å². The van der Waals surface area contributed by atoms with Gasteiger partial charge < -0.3 is 5.32 Å². The molecule has 96 valence electrons. The van der Waals surface area contributed by atoms with Crippen LogP contribution in [0.5, 0.6) is 0 Å². The van der Waals surface area contributed by atoms with E-state index in [1.54, 1.807) is 0 Å². The van der Waals surface area contributed by atoms with Gasteiger partial charge in [-0.1, -0.05) is 19.8 Å². The fourth-order valence-electron chi connectivity index (χ4n) is 2.73. The fourth-order valence-corrected chi connectivity index (χ4v) is 2.73. The molecular weight excluding hydrogens is 198 g/mol. The summed E-state index contributed by atoms with van der Waals surface area (Å²) in [5.74, 6) is 0. The van der Waals surface area contributed by atoms with E-state index >= 15 is 0 Å². The third-order valence-corrected chi connectivity index (χ3v) is 2.96. The molecule has 2 N–H and O–H groups in total. The summed E-state index contributed by atoms with van der Waals surface area (Å²) in [5, 5.41) is 6.06. The number of hydrogen-bond acceptors (Lipinski definition) is 3. The molecule has 3 nitrogen and oxygen atoms in total. The standard InChI is InChI=1S/C13H29N3/c1-6-7-8-9-14-16-10-12(2,3)15-13(4,5)11-16/h14-15H,6-11H2,1-5H3. The Hall–Kier alpha value is -0.120. The van der Waals surface area contributed by atoms with Crippen molar-refractivity contribution in [3.63, 3.8) is 0 Å². The summed E-state index contributed by atoms with van der Waals surface area (Å²) in [6, 6.07) is 0. The van der Waals surface area contributed by atoms with E-state index in [0.717, 1.165) is 19.6 Å². The summed E-state index contributed by atoms with van der Waals surface area (Å²) in [7, 11) is 0. The molecule has 0 unspecified atom stereocenters. The molecule has 1 rings (SSSR count). The molecule has 0 spiro atoms. The number of hydrazine groups is 1. The molecule has 16 heavy (non-hydrogen) atoms. The molecular formula is C13H29N3. The zero-order valence-corrected chi connectivity index (χ0v) is 11.7. The van der Waals surface area contributed by atoms with Crippen molar-refractivity contribution < 1.29 is 0 Å². The molecule has 1 aliphatic heterocycles. The summed E-state index contributed by atoms with van der Waals surface area (Å²) >= 11 is 0. The second-order valence-electron chi connectivity index (χ2n) is 6.36. The van der Waals surface area contributed by atoms with Crippen molar-refractivity contribution >= 4 is 0 Å². The molecule has 1 saturated heterocycles. The number of rotatable bonds is 5. The maximum atomic E-state index is 3.68. The van der Waals surface area contributed by atoms with Crippen LogP contribution in [0.15, 0.2) is 0 Å². The SMILES string of the molecule is CCCCCNN1CC(C)(C)NC(C)(C)C1. The molecule has 0 aromatic heterocycles. The van der Waals surface area contributed by atoms with Gasteiger partial charge >= 0.3 is 0 Å². The molecule has 1 fully saturated rings. The summed E-state index contributed by atoms with van der Waals surface area (Å²) in [5.41, 5.74) is 3.95. The first kappa shape index (κ1) is 13.9. The highest BCUT2D eigenvalue weighted by Crippen LogP contribution is 2.19. The van der Waals surface area contributed by atoms with Crippen molar-refractivity contribution in [3.05, 3.63) is 0 Å². The highest BCUT2D eigenvalue weighted by molar-refractivity contribution is 4.96. The van der Waals surface area contributed by atoms with Crippen LogP contribution in [0.4, 0.5) is 0 Å². The molecule has 0 amide bonds. The molecule has 0 atom stereocenters. The Morgan fingerprint density at radius 1 is 1.06 bits per heavy atom. The normalized spacial score (nSPS) is 24.6. The minimum Gasteiger partial charge on any atom is -0.304 e. The van der Waals surface area contributed by atoms with Crippen LogP contribution in [0.1, 0.15) is 53.9 Å². The van der Waals surface area contributed by atoms with Crippen molar-refractivity contribution in [2.45, 2.75) is 65.0 Å². The van der Waals surface area contributed by atoms with E-state index in [-0.39, 0.29) is 11.1 Å². The Balaban J connectivity index is 2.36. The van der Waals surface area contributed by atoms with Gasteiger partial charge in [-0.2, -0.15) is 0 Å². The predicted molar refractivity (Wildman–Crippen MR) is 70.4 cm³/mol. The van der Waals surface area contributed by atoms with Crippen molar-refractivity contribution in [1.82, 2.24) is 15.8 Å². The quantitative estimate of drug-likeness (QED) is 0.705. The summed E-state index contributed by atoms with van der Waals surface area (Å²) in [6.45, 7) is 14.6. The van der Waals surface area contributed by atoms with Crippen molar-refractivity contribution in [1.29, 1.82) is 0 Å². The molecule has 0 aliphatic carbocycles. The zero-order chi connectivity index (χ0) is 12.2. The number of nitrogens with zero attached hydrogens (tertiary/aromatic N) is 1. The van der Waals surface area contributed by atoms with E-state index in [0.29, 0.717) is 0 Å². The lowest BCUT2D eigenvalue weighted by Gasteiger charge is -2.48. The highest BCUT2D eigenvalue weighted by atomic mass is 15.5. The Morgan fingerprint density at radius 3 is 2.12 bits per heavy atom. The van der Waals surface area contributed by atoms with E-state index in [1.807, 2.05) is 0 Å². The lowest BCUT2D eigenvalue weighted by atomic mass is 9.92. The molecule has 1 aliphatic rings. The average molecular weight is 227 g/mol. The van der Waals surface area contributed by atoms with Crippen molar-refractivity contribution in [2.24, 2.45) is 0 Å². The van der Waals surface area contributed by atoms with Gasteiger partial charge in [-0.3, -0.25) is 5.43 Å². The van der Waals surface area contributed by atoms with Gasteiger partial charge in [0.05, 0.1) is 0 Å². The first-order valence-electron chi connectivity index (χ1n) is 6.62. The summed E-state index contributed by atoms with van der Waals surface area (Å²) in [4.78, 5) is 0. The maximum Gasteiger partial charge on any atom is 0.0309 e. The largest absolute Gasteiger partial charge is 0.304 e. The monoisotopic (exact) mass is 227 g/mol. The van der Waals surface area contributed by atoms with Gasteiger partial charge in [-0.05, 0) is 34.1 Å². The van der Waals surface area contributed by atoms with Gasteiger partial charge in [0.25, 0.3) is 0 Å². The Bertz CT molecular complexity index is 195. The molecule has 0 aromatic rings. The van der Waals surface area contributed by atoms with Gasteiger partial charge in [-0.25, -0.2) is 5.01 Å². The van der Waals surface area contributed by atoms with Crippen LogP contribution in [0, 0.1) is 0 Å². The van der Waals surface area contributed by atoms with Gasteiger partial charge in [0.2, 0.25) is 0 Å². The third-order valence-electron chi connectivity index (χ3n) is 2.96. The van der Waals surface area contributed by atoms with Crippen molar-refractivity contribution in [3.8, 4) is 0 Å². The van der Waals surface area contributed by atoms with Crippen molar-refractivity contribution in [2.75, 3.05) is 19.6 Å². The van der Waals surface area contributed by atoms with Gasteiger partial charge in [0, 0.05) is 30.7 Å². The number of hydrogen-bond donors (Lipinski definition) is 2.